The zero-order valence-electron chi connectivity index (χ0n) is 13.1. The van der Waals surface area contributed by atoms with Crippen molar-refractivity contribution in [3.8, 4) is 0 Å². The van der Waals surface area contributed by atoms with Crippen molar-refractivity contribution in [3.05, 3.63) is 28.3 Å². The number of sulfonamides is 1. The second kappa shape index (κ2) is 6.81. The van der Waals surface area contributed by atoms with Crippen LogP contribution in [0.5, 0.6) is 0 Å². The van der Waals surface area contributed by atoms with E-state index in [1.54, 1.807) is 14.2 Å². The molecule has 2 rings (SSSR count). The van der Waals surface area contributed by atoms with E-state index in [9.17, 15) is 18.5 Å². The van der Waals surface area contributed by atoms with Crippen LogP contribution in [0, 0.1) is 10.1 Å². The lowest BCUT2D eigenvalue weighted by atomic mass is 9.91. The number of nitrogens with two attached hydrogens (primary N) is 1. The standard InChI is InChI=1S/C14H21N3O5S/c1-16(10-3-5-11(22-2)6-4-10)13-8-7-12(23(15,20)21)9-14(13)17(18)19/h7-11H,3-6H2,1-2H3,(H2,15,20,21). The minimum absolute atomic E-state index is 0.153. The highest BCUT2D eigenvalue weighted by Gasteiger charge is 2.28. The van der Waals surface area contributed by atoms with E-state index >= 15 is 0 Å². The van der Waals surface area contributed by atoms with Crippen molar-refractivity contribution in [3.63, 3.8) is 0 Å². The number of anilines is 1. The molecule has 0 radical (unpaired) electrons. The third-order valence-corrected chi connectivity index (χ3v) is 5.29. The molecule has 0 spiro atoms. The molecule has 0 aliphatic heterocycles. The van der Waals surface area contributed by atoms with Crippen LogP contribution in [0.15, 0.2) is 23.1 Å². The van der Waals surface area contributed by atoms with Gasteiger partial charge in [0, 0.05) is 26.3 Å². The van der Waals surface area contributed by atoms with E-state index in [1.807, 2.05) is 4.90 Å². The molecule has 0 atom stereocenters. The quantitative estimate of drug-likeness (QED) is 0.642. The zero-order valence-corrected chi connectivity index (χ0v) is 14.0. The lowest BCUT2D eigenvalue weighted by Crippen LogP contribution is -2.37. The third-order valence-electron chi connectivity index (χ3n) is 4.38. The molecule has 0 bridgehead atoms. The molecule has 0 amide bonds. The molecule has 1 aliphatic carbocycles. The summed E-state index contributed by atoms with van der Waals surface area (Å²) in [6, 6.07) is 3.91. The minimum atomic E-state index is -3.98. The Hall–Kier alpha value is -1.71. The molecular formula is C14H21N3O5S. The molecular weight excluding hydrogens is 322 g/mol. The molecule has 8 nitrogen and oxygen atoms in total. The summed E-state index contributed by atoms with van der Waals surface area (Å²) in [4.78, 5) is 12.3. The average molecular weight is 343 g/mol. The maximum atomic E-state index is 11.4. The molecule has 128 valence electrons. The number of nitro groups is 1. The Morgan fingerprint density at radius 3 is 2.39 bits per heavy atom. The molecule has 9 heteroatoms. The fourth-order valence-electron chi connectivity index (χ4n) is 2.99. The number of nitro benzene ring substituents is 1. The highest BCUT2D eigenvalue weighted by Crippen LogP contribution is 2.34. The van der Waals surface area contributed by atoms with Gasteiger partial charge >= 0.3 is 0 Å². The fourth-order valence-corrected chi connectivity index (χ4v) is 3.52. The molecule has 0 heterocycles. The van der Waals surface area contributed by atoms with Crippen LogP contribution in [-0.4, -0.2) is 39.6 Å². The summed E-state index contributed by atoms with van der Waals surface area (Å²) in [6.45, 7) is 0. The number of hydrogen-bond acceptors (Lipinski definition) is 6. The molecule has 1 saturated carbocycles. The Morgan fingerprint density at radius 2 is 1.91 bits per heavy atom. The van der Waals surface area contributed by atoms with Gasteiger partial charge in [-0.15, -0.1) is 0 Å². The molecule has 1 aromatic rings. The van der Waals surface area contributed by atoms with Gasteiger partial charge < -0.3 is 9.64 Å². The SMILES string of the molecule is COC1CCC(N(C)c2ccc(S(N)(=O)=O)cc2[N+](=O)[O-])CC1. The topological polar surface area (TPSA) is 116 Å². The molecule has 0 saturated heterocycles. The molecule has 1 aromatic carbocycles. The summed E-state index contributed by atoms with van der Waals surface area (Å²) in [5, 5.41) is 16.4. The van der Waals surface area contributed by atoms with Gasteiger partial charge in [-0.3, -0.25) is 10.1 Å². The van der Waals surface area contributed by atoms with Crippen molar-refractivity contribution in [1.29, 1.82) is 0 Å². The normalized spacial score (nSPS) is 21.9. The fraction of sp³-hybridized carbons (Fsp3) is 0.571. The maximum Gasteiger partial charge on any atom is 0.293 e. The summed E-state index contributed by atoms with van der Waals surface area (Å²) < 4.78 is 28.1. The van der Waals surface area contributed by atoms with Crippen molar-refractivity contribution in [2.75, 3.05) is 19.1 Å². The van der Waals surface area contributed by atoms with Gasteiger partial charge in [0.1, 0.15) is 5.69 Å². The number of methoxy groups -OCH3 is 1. The predicted octanol–water partition coefficient (Wildman–Crippen LogP) is 1.64. The number of ether oxygens (including phenoxy) is 1. The smallest absolute Gasteiger partial charge is 0.293 e. The summed E-state index contributed by atoms with van der Waals surface area (Å²) in [6.07, 6.45) is 3.76. The number of benzene rings is 1. The minimum Gasteiger partial charge on any atom is -0.381 e. The van der Waals surface area contributed by atoms with Gasteiger partial charge in [0.05, 0.1) is 15.9 Å². The van der Waals surface area contributed by atoms with Crippen LogP contribution >= 0.6 is 0 Å². The molecule has 1 aliphatic rings. The third kappa shape index (κ3) is 3.98. The van der Waals surface area contributed by atoms with Gasteiger partial charge in [-0.1, -0.05) is 0 Å². The Bertz CT molecular complexity index is 684. The number of rotatable bonds is 5. The summed E-state index contributed by atoms with van der Waals surface area (Å²) >= 11 is 0. The van der Waals surface area contributed by atoms with E-state index in [0.717, 1.165) is 31.7 Å². The van der Waals surface area contributed by atoms with Crippen molar-refractivity contribution < 1.29 is 18.1 Å². The van der Waals surface area contributed by atoms with Gasteiger partial charge in [0.15, 0.2) is 0 Å². The predicted molar refractivity (Wildman–Crippen MR) is 85.9 cm³/mol. The first-order chi connectivity index (χ1) is 10.7. The van der Waals surface area contributed by atoms with Crippen LogP contribution in [0.4, 0.5) is 11.4 Å². The van der Waals surface area contributed by atoms with E-state index in [-0.39, 0.29) is 22.7 Å². The summed E-state index contributed by atoms with van der Waals surface area (Å²) in [5.74, 6) is 0. The van der Waals surface area contributed by atoms with Gasteiger partial charge in [0.2, 0.25) is 10.0 Å². The molecule has 0 aromatic heterocycles. The maximum absolute atomic E-state index is 11.4. The average Bonchev–Trinajstić information content (AvgIpc) is 2.52. The van der Waals surface area contributed by atoms with Crippen LogP contribution in [0.25, 0.3) is 0 Å². The van der Waals surface area contributed by atoms with Crippen LogP contribution in [0.3, 0.4) is 0 Å². The van der Waals surface area contributed by atoms with E-state index in [4.69, 9.17) is 9.88 Å². The molecule has 1 fully saturated rings. The largest absolute Gasteiger partial charge is 0.381 e. The highest BCUT2D eigenvalue weighted by molar-refractivity contribution is 7.89. The van der Waals surface area contributed by atoms with Crippen molar-refractivity contribution >= 4 is 21.4 Å². The second-order valence-corrected chi connectivity index (χ2v) is 7.29. The highest BCUT2D eigenvalue weighted by atomic mass is 32.2. The van der Waals surface area contributed by atoms with Crippen molar-refractivity contribution in [2.45, 2.75) is 42.7 Å². The Labute approximate surface area is 135 Å². The lowest BCUT2D eigenvalue weighted by Gasteiger charge is -2.35. The van der Waals surface area contributed by atoms with Gasteiger partial charge in [0.25, 0.3) is 5.69 Å². The van der Waals surface area contributed by atoms with Crippen LogP contribution in [0.2, 0.25) is 0 Å². The Balaban J connectivity index is 2.30. The zero-order chi connectivity index (χ0) is 17.2. The van der Waals surface area contributed by atoms with Crippen LogP contribution in [0.1, 0.15) is 25.7 Å². The second-order valence-electron chi connectivity index (χ2n) is 5.73. The first kappa shape index (κ1) is 17.6. The van der Waals surface area contributed by atoms with E-state index < -0.39 is 14.9 Å². The van der Waals surface area contributed by atoms with Gasteiger partial charge in [-0.05, 0) is 37.8 Å². The summed E-state index contributed by atoms with van der Waals surface area (Å²) in [7, 11) is -0.502. The van der Waals surface area contributed by atoms with E-state index in [1.165, 1.54) is 12.1 Å². The van der Waals surface area contributed by atoms with E-state index in [2.05, 4.69) is 0 Å². The monoisotopic (exact) mass is 343 g/mol. The first-order valence-corrected chi connectivity index (χ1v) is 8.85. The number of hydrogen-bond donors (Lipinski definition) is 1. The van der Waals surface area contributed by atoms with E-state index in [0.29, 0.717) is 5.69 Å². The van der Waals surface area contributed by atoms with Crippen molar-refractivity contribution in [1.82, 2.24) is 0 Å². The molecule has 2 N–H and O–H groups in total. The number of nitrogens with zero attached hydrogens (tertiary/aromatic N) is 2. The van der Waals surface area contributed by atoms with Gasteiger partial charge in [-0.2, -0.15) is 0 Å². The Morgan fingerprint density at radius 1 is 1.30 bits per heavy atom. The first-order valence-electron chi connectivity index (χ1n) is 7.31. The van der Waals surface area contributed by atoms with Gasteiger partial charge in [-0.25, -0.2) is 13.6 Å². The molecule has 23 heavy (non-hydrogen) atoms. The lowest BCUT2D eigenvalue weighted by molar-refractivity contribution is -0.384. The summed E-state index contributed by atoms with van der Waals surface area (Å²) in [5.41, 5.74) is 0.135. The Kier molecular flexibility index (Phi) is 5.23. The van der Waals surface area contributed by atoms with Crippen molar-refractivity contribution in [2.24, 2.45) is 5.14 Å². The number of primary sulfonamides is 1. The van der Waals surface area contributed by atoms with Crippen LogP contribution in [-0.2, 0) is 14.8 Å². The molecule has 0 unspecified atom stereocenters. The van der Waals surface area contributed by atoms with Crippen LogP contribution < -0.4 is 10.0 Å².